The van der Waals surface area contributed by atoms with Gasteiger partial charge < -0.3 is 10.1 Å². The molecule has 0 radical (unpaired) electrons. The molecule has 3 amide bonds. The zero-order valence-electron chi connectivity index (χ0n) is 20.2. The van der Waals surface area contributed by atoms with Gasteiger partial charge >= 0.3 is 0 Å². The molecule has 1 saturated heterocycles. The van der Waals surface area contributed by atoms with E-state index in [0.717, 1.165) is 17.5 Å². The number of carbonyl (C=O) groups is 3. The van der Waals surface area contributed by atoms with E-state index in [4.69, 9.17) is 28.6 Å². The van der Waals surface area contributed by atoms with Crippen LogP contribution in [0, 0.1) is 6.92 Å². The van der Waals surface area contributed by atoms with Crippen molar-refractivity contribution in [2.75, 3.05) is 16.8 Å². The van der Waals surface area contributed by atoms with Gasteiger partial charge in [0.2, 0.25) is 0 Å². The molecule has 0 bridgehead atoms. The highest BCUT2D eigenvalue weighted by molar-refractivity contribution is 7.80. The van der Waals surface area contributed by atoms with Crippen molar-refractivity contribution in [3.05, 3.63) is 94.0 Å². The maximum absolute atomic E-state index is 13.2. The van der Waals surface area contributed by atoms with Crippen molar-refractivity contribution < 1.29 is 19.1 Å². The smallest absolute Gasteiger partial charge is 0.270 e. The van der Waals surface area contributed by atoms with Gasteiger partial charge in [-0.15, -0.1) is 0 Å². The van der Waals surface area contributed by atoms with Gasteiger partial charge in [-0.3, -0.25) is 24.6 Å². The van der Waals surface area contributed by atoms with Crippen molar-refractivity contribution in [1.82, 2.24) is 5.32 Å². The highest BCUT2D eigenvalue weighted by atomic mass is 35.5. The summed E-state index contributed by atoms with van der Waals surface area (Å²) >= 11 is 11.6. The average molecular weight is 534 g/mol. The number of thiocarbonyl (C=S) groups is 1. The average Bonchev–Trinajstić information content (AvgIpc) is 2.87. The standard InChI is InChI=1S/C28H24ClN3O4S/c1-3-18-6-11-21(12-7-18)32-27(35)22(26(34)31-28(32)37)14-19-8-13-24(23(29)15-19)36-16-25(33)30-20-9-4-17(2)5-10-20/h4-15H,3,16H2,1-2H3,(H,30,33)(H,31,34,37)/b22-14+. The molecule has 0 unspecified atom stereocenters. The van der Waals surface area contributed by atoms with Crippen LogP contribution >= 0.6 is 23.8 Å². The minimum atomic E-state index is -0.597. The van der Waals surface area contributed by atoms with Crippen molar-refractivity contribution in [3.8, 4) is 5.75 Å². The number of aryl methyl sites for hydroxylation is 2. The van der Waals surface area contributed by atoms with Crippen molar-refractivity contribution in [3.63, 3.8) is 0 Å². The Labute approximate surface area is 225 Å². The van der Waals surface area contributed by atoms with E-state index >= 15 is 0 Å². The third-order valence-corrected chi connectivity index (χ3v) is 6.25. The van der Waals surface area contributed by atoms with Crippen LogP contribution in [-0.4, -0.2) is 29.4 Å². The number of hydrogen-bond donors (Lipinski definition) is 2. The first-order valence-corrected chi connectivity index (χ1v) is 12.3. The van der Waals surface area contributed by atoms with E-state index < -0.39 is 11.8 Å². The van der Waals surface area contributed by atoms with E-state index in [1.54, 1.807) is 42.5 Å². The predicted octanol–water partition coefficient (Wildman–Crippen LogP) is 5.06. The minimum absolute atomic E-state index is 0.0158. The van der Waals surface area contributed by atoms with E-state index in [1.807, 2.05) is 38.1 Å². The lowest BCUT2D eigenvalue weighted by Crippen LogP contribution is -2.54. The Bertz CT molecular complexity index is 1400. The summed E-state index contributed by atoms with van der Waals surface area (Å²) in [5, 5.41) is 5.56. The Kier molecular flexibility index (Phi) is 8.01. The van der Waals surface area contributed by atoms with Gasteiger partial charge in [-0.25, -0.2) is 0 Å². The van der Waals surface area contributed by atoms with Gasteiger partial charge in [-0.1, -0.05) is 54.4 Å². The van der Waals surface area contributed by atoms with Crippen molar-refractivity contribution in [2.45, 2.75) is 20.3 Å². The lowest BCUT2D eigenvalue weighted by molar-refractivity contribution is -0.122. The molecule has 188 valence electrons. The molecule has 0 spiro atoms. The molecule has 37 heavy (non-hydrogen) atoms. The van der Waals surface area contributed by atoms with Crippen molar-refractivity contribution in [2.24, 2.45) is 0 Å². The van der Waals surface area contributed by atoms with Gasteiger partial charge in [-0.05, 0) is 79.2 Å². The maximum Gasteiger partial charge on any atom is 0.270 e. The summed E-state index contributed by atoms with van der Waals surface area (Å²) in [7, 11) is 0. The molecule has 7 nitrogen and oxygen atoms in total. The molecule has 3 aromatic carbocycles. The van der Waals surface area contributed by atoms with Crippen molar-refractivity contribution in [1.29, 1.82) is 0 Å². The first-order valence-electron chi connectivity index (χ1n) is 11.5. The van der Waals surface area contributed by atoms with Crippen LogP contribution in [0.3, 0.4) is 0 Å². The van der Waals surface area contributed by atoms with Crippen LogP contribution in [0.5, 0.6) is 5.75 Å². The van der Waals surface area contributed by atoms with Crippen LogP contribution in [0.1, 0.15) is 23.6 Å². The number of nitrogens with zero attached hydrogens (tertiary/aromatic N) is 1. The van der Waals surface area contributed by atoms with Crippen LogP contribution in [0.25, 0.3) is 6.08 Å². The summed E-state index contributed by atoms with van der Waals surface area (Å²) in [4.78, 5) is 39.3. The van der Waals surface area contributed by atoms with Gasteiger partial charge in [0.15, 0.2) is 11.7 Å². The van der Waals surface area contributed by atoms with Crippen LogP contribution < -0.4 is 20.3 Å². The predicted molar refractivity (Wildman–Crippen MR) is 149 cm³/mol. The maximum atomic E-state index is 13.2. The van der Waals surface area contributed by atoms with Crippen LogP contribution in [0.2, 0.25) is 5.02 Å². The second kappa shape index (κ2) is 11.4. The molecule has 4 rings (SSSR count). The molecular weight excluding hydrogens is 510 g/mol. The van der Waals surface area contributed by atoms with Gasteiger partial charge in [0.25, 0.3) is 17.7 Å². The molecule has 0 atom stereocenters. The normalized spacial score (nSPS) is 14.5. The van der Waals surface area contributed by atoms with E-state index in [2.05, 4.69) is 10.6 Å². The topological polar surface area (TPSA) is 87.7 Å². The highest BCUT2D eigenvalue weighted by Crippen LogP contribution is 2.28. The Hall–Kier alpha value is -4.01. The Balaban J connectivity index is 1.47. The summed E-state index contributed by atoms with van der Waals surface area (Å²) < 4.78 is 5.55. The molecule has 1 aliphatic rings. The quantitative estimate of drug-likeness (QED) is 0.252. The highest BCUT2D eigenvalue weighted by Gasteiger charge is 2.34. The van der Waals surface area contributed by atoms with Crippen LogP contribution in [-0.2, 0) is 20.8 Å². The van der Waals surface area contributed by atoms with Gasteiger partial charge in [0, 0.05) is 5.69 Å². The fourth-order valence-electron chi connectivity index (χ4n) is 3.64. The largest absolute Gasteiger partial charge is 0.482 e. The van der Waals surface area contributed by atoms with Gasteiger partial charge in [-0.2, -0.15) is 0 Å². The Morgan fingerprint density at radius 3 is 2.43 bits per heavy atom. The zero-order chi connectivity index (χ0) is 26.5. The van der Waals surface area contributed by atoms with Gasteiger partial charge in [0.1, 0.15) is 11.3 Å². The fraction of sp³-hybridized carbons (Fsp3) is 0.143. The number of benzene rings is 3. The second-order valence-corrected chi connectivity index (χ2v) is 9.16. The van der Waals surface area contributed by atoms with E-state index in [0.29, 0.717) is 22.7 Å². The number of anilines is 2. The summed E-state index contributed by atoms with van der Waals surface area (Å²) in [6, 6.07) is 19.6. The molecule has 0 saturated carbocycles. The number of amides is 3. The number of carbonyl (C=O) groups excluding carboxylic acids is 3. The summed E-state index contributed by atoms with van der Waals surface area (Å²) in [6.07, 6.45) is 2.30. The van der Waals surface area contributed by atoms with E-state index in [1.165, 1.54) is 11.0 Å². The lowest BCUT2D eigenvalue weighted by Gasteiger charge is -2.29. The minimum Gasteiger partial charge on any atom is -0.482 e. The van der Waals surface area contributed by atoms with Gasteiger partial charge in [0.05, 0.1) is 10.7 Å². The zero-order valence-corrected chi connectivity index (χ0v) is 21.8. The summed E-state index contributed by atoms with van der Waals surface area (Å²) in [6.45, 7) is 3.76. The molecule has 0 aromatic heterocycles. The Morgan fingerprint density at radius 2 is 1.78 bits per heavy atom. The molecule has 1 heterocycles. The molecule has 2 N–H and O–H groups in total. The lowest BCUT2D eigenvalue weighted by atomic mass is 10.1. The van der Waals surface area contributed by atoms with Crippen molar-refractivity contribution >= 4 is 64.1 Å². The molecule has 0 aliphatic carbocycles. The van der Waals surface area contributed by atoms with E-state index in [9.17, 15) is 14.4 Å². The number of hydrogen-bond acceptors (Lipinski definition) is 5. The molecular formula is C28H24ClN3O4S. The number of ether oxygens (including phenoxy) is 1. The first-order chi connectivity index (χ1) is 17.7. The summed E-state index contributed by atoms with van der Waals surface area (Å²) in [5.41, 5.74) is 3.85. The SMILES string of the molecule is CCc1ccc(N2C(=O)/C(=C/c3ccc(OCC(=O)Nc4ccc(C)cc4)c(Cl)c3)C(=O)NC2=S)cc1. The van der Waals surface area contributed by atoms with Crippen LogP contribution in [0.4, 0.5) is 11.4 Å². The third-order valence-electron chi connectivity index (χ3n) is 5.67. The number of halogens is 1. The fourth-order valence-corrected chi connectivity index (χ4v) is 4.17. The monoisotopic (exact) mass is 533 g/mol. The molecule has 1 aliphatic heterocycles. The van der Waals surface area contributed by atoms with Crippen LogP contribution in [0.15, 0.2) is 72.3 Å². The van der Waals surface area contributed by atoms with E-state index in [-0.39, 0.29) is 28.2 Å². The number of rotatable bonds is 7. The third kappa shape index (κ3) is 6.22. The summed E-state index contributed by atoms with van der Waals surface area (Å²) in [5.74, 6) is -1.18. The second-order valence-electron chi connectivity index (χ2n) is 8.37. The molecule has 9 heteroatoms. The first kappa shape index (κ1) is 26.1. The Morgan fingerprint density at radius 1 is 1.08 bits per heavy atom. The number of nitrogens with one attached hydrogen (secondary N) is 2. The molecule has 1 fully saturated rings. The molecule has 3 aromatic rings.